The topological polar surface area (TPSA) is 68.1 Å². The Bertz CT molecular complexity index is 1110. The van der Waals surface area contributed by atoms with E-state index in [4.69, 9.17) is 10.5 Å². The van der Waals surface area contributed by atoms with E-state index in [-0.39, 0.29) is 5.56 Å². The monoisotopic (exact) mass is 336 g/mol. The lowest BCUT2D eigenvalue weighted by Gasteiger charge is -2.14. The highest BCUT2D eigenvalue weighted by molar-refractivity contribution is 7.17. The van der Waals surface area contributed by atoms with Gasteiger partial charge in [0, 0.05) is 28.4 Å². The highest BCUT2D eigenvalue weighted by Crippen LogP contribution is 2.40. The fourth-order valence-corrected chi connectivity index (χ4v) is 3.93. The second-order valence-corrected chi connectivity index (χ2v) is 6.50. The van der Waals surface area contributed by atoms with Gasteiger partial charge >= 0.3 is 0 Å². The van der Waals surface area contributed by atoms with Gasteiger partial charge in [-0.2, -0.15) is 0 Å². The summed E-state index contributed by atoms with van der Waals surface area (Å²) >= 11 is 1.45. The molecule has 5 heteroatoms. The average molecular weight is 336 g/mol. The number of aromatic nitrogens is 1. The van der Waals surface area contributed by atoms with Gasteiger partial charge in [0.05, 0.1) is 7.11 Å². The molecule has 4 rings (SSSR count). The van der Waals surface area contributed by atoms with Gasteiger partial charge in [-0.3, -0.25) is 4.79 Å². The molecule has 0 aliphatic carbocycles. The summed E-state index contributed by atoms with van der Waals surface area (Å²) in [5.74, 6) is 0.774. The Balaban J connectivity index is 2.19. The van der Waals surface area contributed by atoms with Gasteiger partial charge in [0.25, 0.3) is 5.56 Å². The van der Waals surface area contributed by atoms with E-state index in [2.05, 4.69) is 11.1 Å². The molecule has 2 aromatic heterocycles. The van der Waals surface area contributed by atoms with Gasteiger partial charge in [0.1, 0.15) is 10.4 Å². The molecule has 0 saturated carbocycles. The Hall–Kier alpha value is -2.63. The van der Waals surface area contributed by atoms with Crippen molar-refractivity contribution in [3.63, 3.8) is 0 Å². The van der Waals surface area contributed by atoms with Crippen LogP contribution in [0.4, 0.5) is 0 Å². The Labute approximate surface area is 142 Å². The lowest BCUT2D eigenvalue weighted by atomic mass is 9.96. The molecule has 4 aromatic rings. The second-order valence-electron chi connectivity index (χ2n) is 5.59. The first-order chi connectivity index (χ1) is 11.7. The molecule has 0 unspecified atom stereocenters. The van der Waals surface area contributed by atoms with E-state index in [1.165, 1.54) is 11.3 Å². The first-order valence-corrected chi connectivity index (χ1v) is 8.50. The largest absolute Gasteiger partial charge is 0.496 e. The number of methoxy groups -OCH3 is 1. The van der Waals surface area contributed by atoms with Gasteiger partial charge in [-0.25, -0.2) is 0 Å². The molecular weight excluding hydrogens is 320 g/mol. The number of thiophene rings is 1. The number of hydrogen-bond acceptors (Lipinski definition) is 4. The fourth-order valence-electron chi connectivity index (χ4n) is 3.14. The Morgan fingerprint density at radius 3 is 2.88 bits per heavy atom. The van der Waals surface area contributed by atoms with Crippen molar-refractivity contribution in [1.82, 2.24) is 4.98 Å². The number of benzene rings is 2. The number of hydrogen-bond donors (Lipinski definition) is 2. The molecule has 2 aromatic carbocycles. The van der Waals surface area contributed by atoms with Crippen molar-refractivity contribution in [2.75, 3.05) is 7.11 Å². The summed E-state index contributed by atoms with van der Waals surface area (Å²) in [6, 6.07) is 13.9. The minimum Gasteiger partial charge on any atom is -0.496 e. The predicted octanol–water partition coefficient (Wildman–Crippen LogP) is 3.88. The Morgan fingerprint density at radius 2 is 2.08 bits per heavy atom. The van der Waals surface area contributed by atoms with E-state index in [1.807, 2.05) is 41.8 Å². The third-order valence-electron chi connectivity index (χ3n) is 4.23. The maximum Gasteiger partial charge on any atom is 0.266 e. The van der Waals surface area contributed by atoms with Gasteiger partial charge in [-0.15, -0.1) is 11.3 Å². The molecule has 0 atom stereocenters. The van der Waals surface area contributed by atoms with Gasteiger partial charge in [-0.1, -0.05) is 18.2 Å². The van der Waals surface area contributed by atoms with Crippen LogP contribution >= 0.6 is 11.3 Å². The van der Waals surface area contributed by atoms with Gasteiger partial charge < -0.3 is 15.5 Å². The molecule has 120 valence electrons. The summed E-state index contributed by atoms with van der Waals surface area (Å²) in [6.45, 7) is 0.478. The van der Waals surface area contributed by atoms with E-state index in [9.17, 15) is 4.79 Å². The predicted molar refractivity (Wildman–Crippen MR) is 99.8 cm³/mol. The van der Waals surface area contributed by atoms with Crippen LogP contribution in [0.15, 0.2) is 52.6 Å². The summed E-state index contributed by atoms with van der Waals surface area (Å²) in [4.78, 5) is 15.2. The van der Waals surface area contributed by atoms with Crippen molar-refractivity contribution in [2.24, 2.45) is 5.73 Å². The molecule has 0 amide bonds. The highest BCUT2D eigenvalue weighted by atomic mass is 32.1. The number of ether oxygens (including phenoxy) is 1. The number of aromatic amines is 1. The van der Waals surface area contributed by atoms with Crippen LogP contribution in [0.2, 0.25) is 0 Å². The van der Waals surface area contributed by atoms with Crippen LogP contribution in [0.3, 0.4) is 0 Å². The normalized spacial score (nSPS) is 11.2. The van der Waals surface area contributed by atoms with Crippen molar-refractivity contribution in [2.45, 2.75) is 6.54 Å². The zero-order valence-electron chi connectivity index (χ0n) is 13.1. The SMILES string of the molecule is COc1ccc2[nH]c(=O)c3sccc3c2c1-c1cccc(CN)c1. The van der Waals surface area contributed by atoms with Crippen molar-refractivity contribution in [3.8, 4) is 16.9 Å². The zero-order valence-corrected chi connectivity index (χ0v) is 13.9. The van der Waals surface area contributed by atoms with Crippen LogP contribution in [0.5, 0.6) is 5.75 Å². The van der Waals surface area contributed by atoms with Gasteiger partial charge in [0.2, 0.25) is 0 Å². The summed E-state index contributed by atoms with van der Waals surface area (Å²) in [7, 11) is 1.66. The van der Waals surface area contributed by atoms with Crippen LogP contribution in [-0.4, -0.2) is 12.1 Å². The second kappa shape index (κ2) is 5.78. The third-order valence-corrected chi connectivity index (χ3v) is 5.14. The molecule has 0 aliphatic rings. The summed E-state index contributed by atoms with van der Waals surface area (Å²) in [5.41, 5.74) is 9.60. The number of nitrogens with one attached hydrogen (secondary N) is 1. The van der Waals surface area contributed by atoms with Crippen LogP contribution in [-0.2, 0) is 6.54 Å². The van der Waals surface area contributed by atoms with E-state index in [1.54, 1.807) is 7.11 Å². The highest BCUT2D eigenvalue weighted by Gasteiger charge is 2.16. The summed E-state index contributed by atoms with van der Waals surface area (Å²) in [5, 5.41) is 3.89. The minimum atomic E-state index is -0.0562. The lowest BCUT2D eigenvalue weighted by Crippen LogP contribution is -2.05. The molecular formula is C19H16N2O2S. The quantitative estimate of drug-likeness (QED) is 0.596. The van der Waals surface area contributed by atoms with E-state index in [0.29, 0.717) is 6.54 Å². The molecule has 0 radical (unpaired) electrons. The number of H-pyrrole nitrogens is 1. The third kappa shape index (κ3) is 2.21. The lowest BCUT2D eigenvalue weighted by molar-refractivity contribution is 0.417. The molecule has 0 fully saturated rings. The molecule has 2 heterocycles. The summed E-state index contributed by atoms with van der Waals surface area (Å²) in [6.07, 6.45) is 0. The fraction of sp³-hybridized carbons (Fsp3) is 0.105. The van der Waals surface area contributed by atoms with Crippen LogP contribution < -0.4 is 16.0 Å². The standard InChI is InChI=1S/C19H16N2O2S/c1-23-15-6-5-14-17(13-7-8-24-18(13)19(22)21-14)16(15)12-4-2-3-11(9-12)10-20/h2-9H,10,20H2,1H3,(H,21,22). The Kier molecular flexibility index (Phi) is 3.59. The van der Waals surface area contributed by atoms with E-state index < -0.39 is 0 Å². The minimum absolute atomic E-state index is 0.0562. The van der Waals surface area contributed by atoms with Gasteiger partial charge in [-0.05, 0) is 40.8 Å². The maximum atomic E-state index is 12.3. The molecule has 0 bridgehead atoms. The zero-order chi connectivity index (χ0) is 16.7. The maximum absolute atomic E-state index is 12.3. The van der Waals surface area contributed by atoms with Crippen molar-refractivity contribution in [1.29, 1.82) is 0 Å². The average Bonchev–Trinajstić information content (AvgIpc) is 3.11. The van der Waals surface area contributed by atoms with E-state index >= 15 is 0 Å². The number of nitrogens with two attached hydrogens (primary N) is 1. The van der Waals surface area contributed by atoms with E-state index in [0.717, 1.165) is 43.4 Å². The number of pyridine rings is 1. The molecule has 4 nitrogen and oxygen atoms in total. The smallest absolute Gasteiger partial charge is 0.266 e. The van der Waals surface area contributed by atoms with Crippen LogP contribution in [0.1, 0.15) is 5.56 Å². The van der Waals surface area contributed by atoms with Crippen molar-refractivity contribution >= 4 is 32.3 Å². The first-order valence-electron chi connectivity index (χ1n) is 7.62. The van der Waals surface area contributed by atoms with Crippen molar-refractivity contribution in [3.05, 3.63) is 63.8 Å². The van der Waals surface area contributed by atoms with Crippen LogP contribution in [0, 0.1) is 0 Å². The van der Waals surface area contributed by atoms with Crippen molar-refractivity contribution < 1.29 is 4.74 Å². The number of rotatable bonds is 3. The van der Waals surface area contributed by atoms with Gasteiger partial charge in [0.15, 0.2) is 0 Å². The van der Waals surface area contributed by atoms with Crippen LogP contribution in [0.25, 0.3) is 32.1 Å². The summed E-state index contributed by atoms with van der Waals surface area (Å²) < 4.78 is 6.35. The molecule has 0 spiro atoms. The molecule has 0 saturated heterocycles. The first kappa shape index (κ1) is 14.9. The Morgan fingerprint density at radius 1 is 1.21 bits per heavy atom. The molecule has 3 N–H and O–H groups in total. The number of fused-ring (bicyclic) bond motifs is 3. The molecule has 0 aliphatic heterocycles. The molecule has 24 heavy (non-hydrogen) atoms.